The van der Waals surface area contributed by atoms with Crippen LogP contribution in [-0.4, -0.2) is 62.6 Å². The summed E-state index contributed by atoms with van der Waals surface area (Å²) in [5.41, 5.74) is 1.56. The summed E-state index contributed by atoms with van der Waals surface area (Å²) in [6, 6.07) is 4.57. The predicted molar refractivity (Wildman–Crippen MR) is 134 cm³/mol. The second-order valence-electron chi connectivity index (χ2n) is 9.09. The minimum absolute atomic E-state index is 0.00518. The van der Waals surface area contributed by atoms with Crippen LogP contribution in [0.1, 0.15) is 46.5 Å². The maximum absolute atomic E-state index is 13.5. The lowest BCUT2D eigenvalue weighted by atomic mass is 9.81. The Morgan fingerprint density at radius 2 is 2.09 bits per heavy atom. The van der Waals surface area contributed by atoms with Crippen molar-refractivity contribution in [3.8, 4) is 0 Å². The number of methoxy groups -OCH3 is 1. The van der Waals surface area contributed by atoms with Crippen molar-refractivity contribution in [2.24, 2.45) is 15.9 Å². The molecule has 0 aliphatic carbocycles. The number of benzene rings is 1. The molecule has 2 unspecified atom stereocenters. The van der Waals surface area contributed by atoms with E-state index in [0.717, 1.165) is 57.3 Å². The van der Waals surface area contributed by atoms with E-state index < -0.39 is 11.4 Å². The van der Waals surface area contributed by atoms with E-state index in [4.69, 9.17) is 26.1 Å². The van der Waals surface area contributed by atoms with Crippen molar-refractivity contribution in [2.45, 2.75) is 52.0 Å². The standard InChI is InChI=1S/C25H36ClFN4O2/c1-18(7-5-6-10-31-11-13-33-14-12-31)23(32-4)16-25(3)19(2)24(28-17-29-25)30-20-8-9-22(27)21(26)15-20/h8-9,15,17,19H,5-7,10-14,16H2,1-4H3,(H,28,29,30)/b23-18-. The molecule has 1 fully saturated rings. The zero-order valence-electron chi connectivity index (χ0n) is 20.2. The third-order valence-electron chi connectivity index (χ3n) is 6.71. The number of unbranched alkanes of at least 4 members (excludes halogenated alkanes) is 1. The fourth-order valence-electron chi connectivity index (χ4n) is 4.21. The van der Waals surface area contributed by atoms with Crippen LogP contribution in [0.25, 0.3) is 0 Å². The molecule has 33 heavy (non-hydrogen) atoms. The molecule has 0 amide bonds. The molecule has 0 spiro atoms. The molecule has 2 heterocycles. The maximum Gasteiger partial charge on any atom is 0.141 e. The molecule has 3 rings (SSSR count). The van der Waals surface area contributed by atoms with Gasteiger partial charge in [0.15, 0.2) is 0 Å². The van der Waals surface area contributed by atoms with Crippen molar-refractivity contribution in [3.05, 3.63) is 40.4 Å². The second kappa shape index (κ2) is 12.0. The van der Waals surface area contributed by atoms with Gasteiger partial charge in [-0.2, -0.15) is 0 Å². The monoisotopic (exact) mass is 478 g/mol. The summed E-state index contributed by atoms with van der Waals surface area (Å²) in [6.07, 6.45) is 5.58. The summed E-state index contributed by atoms with van der Waals surface area (Å²) >= 11 is 5.93. The van der Waals surface area contributed by atoms with E-state index in [9.17, 15) is 4.39 Å². The Balaban J connectivity index is 1.58. The highest BCUT2D eigenvalue weighted by Crippen LogP contribution is 2.34. The summed E-state index contributed by atoms with van der Waals surface area (Å²) in [5.74, 6) is 1.32. The number of rotatable bonds is 9. The smallest absolute Gasteiger partial charge is 0.141 e. The van der Waals surface area contributed by atoms with E-state index in [1.807, 2.05) is 0 Å². The lowest BCUT2D eigenvalue weighted by Gasteiger charge is -2.35. The van der Waals surface area contributed by atoms with Gasteiger partial charge in [0, 0.05) is 31.1 Å². The van der Waals surface area contributed by atoms with Crippen LogP contribution in [0, 0.1) is 11.7 Å². The van der Waals surface area contributed by atoms with Crippen molar-refractivity contribution in [2.75, 3.05) is 45.3 Å². The van der Waals surface area contributed by atoms with Gasteiger partial charge in [0.1, 0.15) is 18.0 Å². The molecule has 1 N–H and O–H groups in total. The molecular weight excluding hydrogens is 443 g/mol. The number of anilines is 1. The fraction of sp³-hybridized carbons (Fsp3) is 0.600. The lowest BCUT2D eigenvalue weighted by Crippen LogP contribution is -2.42. The van der Waals surface area contributed by atoms with Gasteiger partial charge < -0.3 is 14.8 Å². The zero-order chi connectivity index (χ0) is 23.8. The third-order valence-corrected chi connectivity index (χ3v) is 6.99. The minimum Gasteiger partial charge on any atom is -0.501 e. The van der Waals surface area contributed by atoms with Crippen LogP contribution in [0.3, 0.4) is 0 Å². The van der Waals surface area contributed by atoms with E-state index in [1.54, 1.807) is 25.6 Å². The van der Waals surface area contributed by atoms with Crippen molar-refractivity contribution in [1.82, 2.24) is 4.90 Å². The number of ether oxygens (including phenoxy) is 2. The second-order valence-corrected chi connectivity index (χ2v) is 9.49. The Labute approximate surface area is 201 Å². The number of aliphatic imine (C=N–C) groups is 2. The number of morpholine rings is 1. The molecule has 0 saturated carbocycles. The average Bonchev–Trinajstić information content (AvgIpc) is 2.81. The molecule has 2 aliphatic heterocycles. The molecule has 2 atom stereocenters. The van der Waals surface area contributed by atoms with Crippen LogP contribution in [-0.2, 0) is 9.47 Å². The van der Waals surface area contributed by atoms with Gasteiger partial charge in [-0.25, -0.2) is 9.38 Å². The fourth-order valence-corrected chi connectivity index (χ4v) is 4.39. The normalized spacial score (nSPS) is 24.3. The first-order valence-corrected chi connectivity index (χ1v) is 12.1. The van der Waals surface area contributed by atoms with Crippen molar-refractivity contribution < 1.29 is 13.9 Å². The number of hydrogen-bond donors (Lipinski definition) is 1. The Morgan fingerprint density at radius 3 is 2.79 bits per heavy atom. The van der Waals surface area contributed by atoms with E-state index in [0.29, 0.717) is 12.1 Å². The molecule has 182 valence electrons. The zero-order valence-corrected chi connectivity index (χ0v) is 20.9. The molecule has 1 aromatic carbocycles. The Kier molecular flexibility index (Phi) is 9.29. The summed E-state index contributed by atoms with van der Waals surface area (Å²) in [4.78, 5) is 11.6. The minimum atomic E-state index is -0.442. The number of allylic oxidation sites excluding steroid dienone is 1. The maximum atomic E-state index is 13.5. The van der Waals surface area contributed by atoms with Gasteiger partial charge in [-0.1, -0.05) is 18.5 Å². The quantitative estimate of drug-likeness (QED) is 0.374. The van der Waals surface area contributed by atoms with Crippen LogP contribution in [0.15, 0.2) is 39.5 Å². The number of nitrogens with zero attached hydrogens (tertiary/aromatic N) is 3. The van der Waals surface area contributed by atoms with Crippen molar-refractivity contribution in [1.29, 1.82) is 0 Å². The number of hydrogen-bond acceptors (Lipinski definition) is 6. The van der Waals surface area contributed by atoms with Gasteiger partial charge in [-0.05, 0) is 63.4 Å². The van der Waals surface area contributed by atoms with Crippen LogP contribution in [0.2, 0.25) is 5.02 Å². The Hall–Kier alpha value is -1.96. The van der Waals surface area contributed by atoms with Gasteiger partial charge >= 0.3 is 0 Å². The van der Waals surface area contributed by atoms with Gasteiger partial charge in [0.25, 0.3) is 0 Å². The Morgan fingerprint density at radius 1 is 1.33 bits per heavy atom. The predicted octanol–water partition coefficient (Wildman–Crippen LogP) is 5.54. The van der Waals surface area contributed by atoms with Gasteiger partial charge in [0.2, 0.25) is 0 Å². The first-order valence-electron chi connectivity index (χ1n) is 11.7. The molecule has 6 nitrogen and oxygen atoms in total. The van der Waals surface area contributed by atoms with Crippen LogP contribution in [0.4, 0.5) is 10.1 Å². The summed E-state index contributed by atoms with van der Waals surface area (Å²) in [6.45, 7) is 11.3. The molecular formula is C25H36ClFN4O2. The lowest BCUT2D eigenvalue weighted by molar-refractivity contribution is 0.0372. The molecule has 1 aromatic rings. The van der Waals surface area contributed by atoms with Gasteiger partial charge in [-0.3, -0.25) is 9.89 Å². The number of amidine groups is 1. The van der Waals surface area contributed by atoms with E-state index >= 15 is 0 Å². The number of halogens is 2. The summed E-state index contributed by atoms with van der Waals surface area (Å²) < 4.78 is 24.7. The SMILES string of the molecule is CO/C(CC1(C)N=CN=C(Nc2ccc(F)c(Cl)c2)C1C)=C(/C)CCCCN1CCOCC1. The largest absolute Gasteiger partial charge is 0.501 e. The van der Waals surface area contributed by atoms with Crippen LogP contribution in [0.5, 0.6) is 0 Å². The summed E-state index contributed by atoms with van der Waals surface area (Å²) in [5, 5.41) is 3.36. The highest BCUT2D eigenvalue weighted by Gasteiger charge is 2.37. The topological polar surface area (TPSA) is 58.5 Å². The molecule has 8 heteroatoms. The first kappa shape index (κ1) is 25.7. The Bertz CT molecular complexity index is 898. The number of nitrogens with one attached hydrogen (secondary N) is 1. The highest BCUT2D eigenvalue weighted by atomic mass is 35.5. The molecule has 0 aromatic heterocycles. The average molecular weight is 479 g/mol. The van der Waals surface area contributed by atoms with E-state index in [2.05, 4.69) is 36.0 Å². The van der Waals surface area contributed by atoms with Gasteiger partial charge in [0.05, 0.1) is 36.6 Å². The van der Waals surface area contributed by atoms with Crippen LogP contribution >= 0.6 is 11.6 Å². The van der Waals surface area contributed by atoms with Gasteiger partial charge in [-0.15, -0.1) is 0 Å². The summed E-state index contributed by atoms with van der Waals surface area (Å²) in [7, 11) is 1.74. The molecule has 0 bridgehead atoms. The van der Waals surface area contributed by atoms with E-state index in [1.165, 1.54) is 18.1 Å². The van der Waals surface area contributed by atoms with Crippen LogP contribution < -0.4 is 5.32 Å². The van der Waals surface area contributed by atoms with Crippen molar-refractivity contribution in [3.63, 3.8) is 0 Å². The van der Waals surface area contributed by atoms with E-state index in [-0.39, 0.29) is 10.9 Å². The third kappa shape index (κ3) is 7.01. The van der Waals surface area contributed by atoms with Crippen molar-refractivity contribution >= 4 is 29.5 Å². The highest BCUT2D eigenvalue weighted by molar-refractivity contribution is 6.31. The molecule has 2 aliphatic rings. The molecule has 1 saturated heterocycles. The first-order chi connectivity index (χ1) is 15.8. The molecule has 0 radical (unpaired) electrons.